The number of hydrogen-bond donors (Lipinski definition) is 0. The fourth-order valence-corrected chi connectivity index (χ4v) is 1.78. The number of hydrogen-bond acceptors (Lipinski definition) is 6. The molecular formula is C10H16N4O4. The average molecular weight is 256 g/mol. The Hall–Kier alpha value is -1.67. The molecule has 1 aromatic heterocycles. The minimum absolute atomic E-state index is 0.0794. The summed E-state index contributed by atoms with van der Waals surface area (Å²) in [7, 11) is 1.63. The van der Waals surface area contributed by atoms with Crippen LogP contribution < -0.4 is 4.74 Å². The minimum atomic E-state index is -0.489. The van der Waals surface area contributed by atoms with Gasteiger partial charge in [0.15, 0.2) is 0 Å². The van der Waals surface area contributed by atoms with Crippen molar-refractivity contribution in [1.82, 2.24) is 14.7 Å². The van der Waals surface area contributed by atoms with Gasteiger partial charge in [0.2, 0.25) is 0 Å². The number of nitrogens with zero attached hydrogens (tertiary/aromatic N) is 4. The Balaban J connectivity index is 1.84. The van der Waals surface area contributed by atoms with Gasteiger partial charge in [-0.2, -0.15) is 0 Å². The van der Waals surface area contributed by atoms with Crippen LogP contribution in [0.4, 0.5) is 5.69 Å². The number of aromatic nitrogens is 2. The van der Waals surface area contributed by atoms with Crippen molar-refractivity contribution in [2.24, 2.45) is 7.05 Å². The van der Waals surface area contributed by atoms with Crippen molar-refractivity contribution in [3.05, 3.63) is 16.3 Å². The van der Waals surface area contributed by atoms with Crippen molar-refractivity contribution >= 4 is 5.69 Å². The van der Waals surface area contributed by atoms with Crippen molar-refractivity contribution in [2.75, 3.05) is 39.5 Å². The fourth-order valence-electron chi connectivity index (χ4n) is 1.78. The van der Waals surface area contributed by atoms with E-state index in [1.54, 1.807) is 7.05 Å². The third-order valence-corrected chi connectivity index (χ3v) is 2.72. The normalized spacial score (nSPS) is 16.7. The van der Waals surface area contributed by atoms with Crippen molar-refractivity contribution < 1.29 is 14.4 Å². The third-order valence-electron chi connectivity index (χ3n) is 2.72. The van der Waals surface area contributed by atoms with Crippen LogP contribution in [-0.4, -0.2) is 59.1 Å². The Kier molecular flexibility index (Phi) is 4.11. The molecule has 0 N–H and O–H groups in total. The van der Waals surface area contributed by atoms with Crippen molar-refractivity contribution in [3.63, 3.8) is 0 Å². The number of nitro groups is 1. The van der Waals surface area contributed by atoms with E-state index >= 15 is 0 Å². The number of rotatable bonds is 5. The Morgan fingerprint density at radius 2 is 2.28 bits per heavy atom. The second kappa shape index (κ2) is 5.78. The number of morpholine rings is 1. The Morgan fingerprint density at radius 1 is 1.56 bits per heavy atom. The maximum Gasteiger partial charge on any atom is 0.350 e. The lowest BCUT2D eigenvalue weighted by atomic mass is 10.4. The molecule has 8 nitrogen and oxygen atoms in total. The largest absolute Gasteiger partial charge is 0.470 e. The molecule has 8 heteroatoms. The fraction of sp³-hybridized carbons (Fsp3) is 0.700. The van der Waals surface area contributed by atoms with Crippen LogP contribution in [0.25, 0.3) is 0 Å². The standard InChI is InChI=1S/C10H16N4O4/c1-12-8-9(14(15)16)10(11-12)18-7-4-13-2-5-17-6-3-13/h8H,2-7H2,1H3. The van der Waals surface area contributed by atoms with Gasteiger partial charge in [0.1, 0.15) is 12.8 Å². The lowest BCUT2D eigenvalue weighted by molar-refractivity contribution is -0.386. The van der Waals surface area contributed by atoms with Crippen LogP contribution in [0.3, 0.4) is 0 Å². The van der Waals surface area contributed by atoms with Gasteiger partial charge < -0.3 is 9.47 Å². The molecule has 0 bridgehead atoms. The first-order chi connectivity index (χ1) is 8.66. The predicted octanol–water partition coefficient (Wildman–Crippen LogP) is 0.0393. The molecule has 0 amide bonds. The highest BCUT2D eigenvalue weighted by atomic mass is 16.6. The molecular weight excluding hydrogens is 240 g/mol. The molecule has 0 radical (unpaired) electrons. The van der Waals surface area contributed by atoms with Gasteiger partial charge in [-0.15, -0.1) is 5.10 Å². The summed E-state index contributed by atoms with van der Waals surface area (Å²) >= 11 is 0. The maximum atomic E-state index is 10.7. The summed E-state index contributed by atoms with van der Waals surface area (Å²) in [5, 5.41) is 14.7. The zero-order valence-corrected chi connectivity index (χ0v) is 10.2. The summed E-state index contributed by atoms with van der Waals surface area (Å²) in [4.78, 5) is 12.4. The van der Waals surface area contributed by atoms with Crippen LogP contribution in [-0.2, 0) is 11.8 Å². The van der Waals surface area contributed by atoms with E-state index in [1.807, 2.05) is 0 Å². The van der Waals surface area contributed by atoms with Gasteiger partial charge >= 0.3 is 11.6 Å². The first-order valence-corrected chi connectivity index (χ1v) is 5.78. The highest BCUT2D eigenvalue weighted by Crippen LogP contribution is 2.23. The van der Waals surface area contributed by atoms with E-state index in [4.69, 9.17) is 9.47 Å². The van der Waals surface area contributed by atoms with Crippen molar-refractivity contribution in [1.29, 1.82) is 0 Å². The van der Waals surface area contributed by atoms with E-state index in [2.05, 4.69) is 10.00 Å². The summed E-state index contributed by atoms with van der Waals surface area (Å²) in [5.74, 6) is 0.0794. The van der Waals surface area contributed by atoms with Gasteiger partial charge in [-0.1, -0.05) is 0 Å². The second-order valence-corrected chi connectivity index (χ2v) is 4.05. The van der Waals surface area contributed by atoms with Crippen LogP contribution in [0.1, 0.15) is 0 Å². The van der Waals surface area contributed by atoms with Gasteiger partial charge in [0, 0.05) is 26.7 Å². The predicted molar refractivity (Wildman–Crippen MR) is 62.6 cm³/mol. The van der Waals surface area contributed by atoms with Gasteiger partial charge in [-0.05, 0) is 0 Å². The monoisotopic (exact) mass is 256 g/mol. The topological polar surface area (TPSA) is 82.7 Å². The highest BCUT2D eigenvalue weighted by Gasteiger charge is 2.20. The van der Waals surface area contributed by atoms with Gasteiger partial charge in [-0.25, -0.2) is 0 Å². The summed E-state index contributed by atoms with van der Waals surface area (Å²) in [6.07, 6.45) is 1.34. The zero-order valence-electron chi connectivity index (χ0n) is 10.2. The molecule has 0 aliphatic carbocycles. The quantitative estimate of drug-likeness (QED) is 0.546. The van der Waals surface area contributed by atoms with Crippen LogP contribution in [0.2, 0.25) is 0 Å². The van der Waals surface area contributed by atoms with Crippen LogP contribution in [0.15, 0.2) is 6.20 Å². The molecule has 1 aromatic rings. The highest BCUT2D eigenvalue weighted by molar-refractivity contribution is 5.38. The number of ether oxygens (including phenoxy) is 2. The molecule has 1 fully saturated rings. The molecule has 0 aromatic carbocycles. The SMILES string of the molecule is Cn1cc([N+](=O)[O-])c(OCCN2CCOCC2)n1. The summed E-state index contributed by atoms with van der Waals surface area (Å²) in [5.41, 5.74) is -0.0977. The van der Waals surface area contributed by atoms with E-state index in [0.29, 0.717) is 6.61 Å². The lowest BCUT2D eigenvalue weighted by Crippen LogP contribution is -2.38. The summed E-state index contributed by atoms with van der Waals surface area (Å²) in [6.45, 7) is 4.30. The summed E-state index contributed by atoms with van der Waals surface area (Å²) < 4.78 is 12.0. The molecule has 0 saturated carbocycles. The Bertz CT molecular complexity index is 414. The molecule has 18 heavy (non-hydrogen) atoms. The summed E-state index contributed by atoms with van der Waals surface area (Å²) in [6, 6.07) is 0. The first kappa shape index (κ1) is 12.8. The second-order valence-electron chi connectivity index (χ2n) is 4.05. The van der Waals surface area contributed by atoms with E-state index in [-0.39, 0.29) is 11.6 Å². The van der Waals surface area contributed by atoms with E-state index in [9.17, 15) is 10.1 Å². The van der Waals surface area contributed by atoms with Crippen LogP contribution in [0, 0.1) is 10.1 Å². The molecule has 2 rings (SSSR count). The molecule has 1 aliphatic rings. The molecule has 2 heterocycles. The molecule has 0 unspecified atom stereocenters. The first-order valence-electron chi connectivity index (χ1n) is 5.78. The van der Waals surface area contributed by atoms with Crippen LogP contribution >= 0.6 is 0 Å². The molecule has 1 saturated heterocycles. The van der Waals surface area contributed by atoms with Gasteiger partial charge in [0.25, 0.3) is 0 Å². The van der Waals surface area contributed by atoms with E-state index in [1.165, 1.54) is 10.9 Å². The zero-order chi connectivity index (χ0) is 13.0. The Morgan fingerprint density at radius 3 is 2.94 bits per heavy atom. The average Bonchev–Trinajstić information content (AvgIpc) is 2.72. The van der Waals surface area contributed by atoms with Crippen molar-refractivity contribution in [2.45, 2.75) is 0 Å². The third kappa shape index (κ3) is 3.17. The Labute approximate surface area is 104 Å². The minimum Gasteiger partial charge on any atom is -0.470 e. The molecule has 0 atom stereocenters. The van der Waals surface area contributed by atoms with Crippen molar-refractivity contribution in [3.8, 4) is 5.88 Å². The van der Waals surface area contributed by atoms with Gasteiger partial charge in [0.05, 0.1) is 18.1 Å². The molecule has 100 valence electrons. The number of aryl methyl sites for hydroxylation is 1. The van der Waals surface area contributed by atoms with Crippen LogP contribution in [0.5, 0.6) is 5.88 Å². The molecule has 1 aliphatic heterocycles. The van der Waals surface area contributed by atoms with E-state index < -0.39 is 4.92 Å². The van der Waals surface area contributed by atoms with Gasteiger partial charge in [-0.3, -0.25) is 19.7 Å². The smallest absolute Gasteiger partial charge is 0.350 e. The molecule has 0 spiro atoms. The maximum absolute atomic E-state index is 10.7. The van der Waals surface area contributed by atoms with E-state index in [0.717, 1.165) is 32.8 Å². The lowest BCUT2D eigenvalue weighted by Gasteiger charge is -2.26.